The van der Waals surface area contributed by atoms with Crippen LogP contribution in [0.25, 0.3) is 16.9 Å². The maximum atomic E-state index is 14.2. The molecule has 1 N–H and O–H groups in total. The summed E-state index contributed by atoms with van der Waals surface area (Å²) in [6.45, 7) is 4.55. The summed E-state index contributed by atoms with van der Waals surface area (Å²) in [5.41, 5.74) is 5.48. The highest BCUT2D eigenvalue weighted by atomic mass is 16.2. The van der Waals surface area contributed by atoms with Gasteiger partial charge in [0.2, 0.25) is 11.8 Å². The lowest BCUT2D eigenvalue weighted by Gasteiger charge is -2.27. The van der Waals surface area contributed by atoms with E-state index in [0.29, 0.717) is 12.4 Å². The summed E-state index contributed by atoms with van der Waals surface area (Å²) < 4.78 is 1.74. The van der Waals surface area contributed by atoms with Crippen molar-refractivity contribution >= 4 is 17.6 Å². The van der Waals surface area contributed by atoms with Crippen molar-refractivity contribution in [2.45, 2.75) is 32.6 Å². The van der Waals surface area contributed by atoms with Crippen LogP contribution in [0.5, 0.6) is 0 Å². The molecule has 0 spiro atoms. The standard InChI is InChI=1S/C36H36N4O2/c1-3-4-24-39(36(42)35(29-16-10-6-11-17-29)30-18-12-7-13-19-30)26-34(41)37-33-25-32(28-14-8-5-9-15-28)38-40(33)31-22-20-27(2)21-23-31/h5-23,25,35H,3-4,24,26H2,1-2H3,(H,37,41). The normalized spacial score (nSPS) is 10.9. The van der Waals surface area contributed by atoms with Crippen molar-refractivity contribution in [2.75, 3.05) is 18.4 Å². The van der Waals surface area contributed by atoms with Gasteiger partial charge >= 0.3 is 0 Å². The molecule has 6 nitrogen and oxygen atoms in total. The summed E-state index contributed by atoms with van der Waals surface area (Å²) >= 11 is 0. The Kier molecular flexibility index (Phi) is 9.24. The molecule has 0 radical (unpaired) electrons. The Hall–Kier alpha value is -4.97. The van der Waals surface area contributed by atoms with Crippen molar-refractivity contribution in [2.24, 2.45) is 0 Å². The number of benzene rings is 4. The maximum absolute atomic E-state index is 14.2. The molecule has 0 unspecified atom stereocenters. The number of aromatic nitrogens is 2. The van der Waals surface area contributed by atoms with Crippen molar-refractivity contribution in [3.63, 3.8) is 0 Å². The Morgan fingerprint density at radius 3 is 1.95 bits per heavy atom. The van der Waals surface area contributed by atoms with Gasteiger partial charge in [0.1, 0.15) is 5.82 Å². The van der Waals surface area contributed by atoms with Crippen molar-refractivity contribution in [3.8, 4) is 16.9 Å². The molecule has 5 rings (SSSR count). The molecular weight excluding hydrogens is 520 g/mol. The Balaban J connectivity index is 1.43. The van der Waals surface area contributed by atoms with Gasteiger partial charge in [-0.05, 0) is 36.6 Å². The Morgan fingerprint density at radius 2 is 1.38 bits per heavy atom. The van der Waals surface area contributed by atoms with Gasteiger partial charge in [0.25, 0.3) is 0 Å². The first-order valence-electron chi connectivity index (χ1n) is 14.4. The zero-order valence-electron chi connectivity index (χ0n) is 24.1. The Bertz CT molecular complexity index is 1560. The third-order valence-electron chi connectivity index (χ3n) is 7.27. The number of nitrogens with one attached hydrogen (secondary N) is 1. The smallest absolute Gasteiger partial charge is 0.245 e. The third kappa shape index (κ3) is 6.84. The van der Waals surface area contributed by atoms with Gasteiger partial charge in [-0.3, -0.25) is 9.59 Å². The van der Waals surface area contributed by atoms with Gasteiger partial charge in [0, 0.05) is 18.2 Å². The predicted octanol–water partition coefficient (Wildman–Crippen LogP) is 7.25. The second-order valence-corrected chi connectivity index (χ2v) is 10.4. The molecule has 0 saturated carbocycles. The first-order valence-corrected chi connectivity index (χ1v) is 14.4. The lowest BCUT2D eigenvalue weighted by atomic mass is 9.90. The molecule has 1 heterocycles. The third-order valence-corrected chi connectivity index (χ3v) is 7.27. The van der Waals surface area contributed by atoms with Crippen LogP contribution in [0.1, 0.15) is 42.4 Å². The molecule has 5 aromatic rings. The van der Waals surface area contributed by atoms with E-state index >= 15 is 0 Å². The van der Waals surface area contributed by atoms with Crippen LogP contribution in [-0.4, -0.2) is 39.6 Å². The van der Waals surface area contributed by atoms with Gasteiger partial charge in [0.15, 0.2) is 0 Å². The molecule has 212 valence electrons. The first kappa shape index (κ1) is 28.6. The van der Waals surface area contributed by atoms with E-state index in [-0.39, 0.29) is 18.4 Å². The van der Waals surface area contributed by atoms with Crippen LogP contribution in [0, 0.1) is 6.92 Å². The molecule has 0 aliphatic heterocycles. The fourth-order valence-electron chi connectivity index (χ4n) is 5.03. The van der Waals surface area contributed by atoms with Crippen LogP contribution in [0.15, 0.2) is 121 Å². The summed E-state index contributed by atoms with van der Waals surface area (Å²) in [7, 11) is 0. The predicted molar refractivity (Wildman–Crippen MR) is 169 cm³/mol. The fourth-order valence-corrected chi connectivity index (χ4v) is 5.03. The number of nitrogens with zero attached hydrogens (tertiary/aromatic N) is 3. The first-order chi connectivity index (χ1) is 20.5. The van der Waals surface area contributed by atoms with Gasteiger partial charge < -0.3 is 10.2 Å². The van der Waals surface area contributed by atoms with E-state index in [2.05, 4.69) is 12.2 Å². The number of hydrogen-bond donors (Lipinski definition) is 1. The zero-order chi connectivity index (χ0) is 29.3. The second-order valence-electron chi connectivity index (χ2n) is 10.4. The molecular formula is C36H36N4O2. The average Bonchev–Trinajstić information content (AvgIpc) is 3.44. The highest BCUT2D eigenvalue weighted by Crippen LogP contribution is 2.28. The van der Waals surface area contributed by atoms with Gasteiger partial charge in [-0.1, -0.05) is 122 Å². The van der Waals surface area contributed by atoms with E-state index in [0.717, 1.165) is 46.5 Å². The minimum Gasteiger partial charge on any atom is -0.333 e. The molecule has 4 aromatic carbocycles. The number of anilines is 1. The van der Waals surface area contributed by atoms with Crippen molar-refractivity contribution in [3.05, 3.63) is 138 Å². The van der Waals surface area contributed by atoms with Crippen LogP contribution >= 0.6 is 0 Å². The fraction of sp³-hybridized carbons (Fsp3) is 0.194. The van der Waals surface area contributed by atoms with Crippen LogP contribution in [0.4, 0.5) is 5.82 Å². The van der Waals surface area contributed by atoms with E-state index in [1.54, 1.807) is 9.58 Å². The quantitative estimate of drug-likeness (QED) is 0.186. The van der Waals surface area contributed by atoms with E-state index in [1.807, 2.05) is 128 Å². The highest BCUT2D eigenvalue weighted by molar-refractivity contribution is 5.96. The molecule has 0 aliphatic rings. The number of rotatable bonds is 11. The van der Waals surface area contributed by atoms with Crippen LogP contribution < -0.4 is 5.32 Å². The molecule has 0 saturated heterocycles. The second kappa shape index (κ2) is 13.6. The maximum Gasteiger partial charge on any atom is 0.245 e. The van der Waals surface area contributed by atoms with E-state index < -0.39 is 5.92 Å². The van der Waals surface area contributed by atoms with Gasteiger partial charge in [0.05, 0.1) is 23.8 Å². The number of carbonyl (C=O) groups excluding carboxylic acids is 2. The zero-order valence-corrected chi connectivity index (χ0v) is 24.1. The molecule has 0 bridgehead atoms. The summed E-state index contributed by atoms with van der Waals surface area (Å²) in [5.74, 6) is -0.312. The Labute approximate surface area is 247 Å². The lowest BCUT2D eigenvalue weighted by Crippen LogP contribution is -2.41. The number of amides is 2. The summed E-state index contributed by atoms with van der Waals surface area (Å²) in [4.78, 5) is 29.5. The Morgan fingerprint density at radius 1 is 0.810 bits per heavy atom. The van der Waals surface area contributed by atoms with Crippen LogP contribution in [0.3, 0.4) is 0 Å². The SMILES string of the molecule is CCCCN(CC(=O)Nc1cc(-c2ccccc2)nn1-c1ccc(C)cc1)C(=O)C(c1ccccc1)c1ccccc1. The van der Waals surface area contributed by atoms with Crippen molar-refractivity contribution < 1.29 is 9.59 Å². The molecule has 0 aliphatic carbocycles. The largest absolute Gasteiger partial charge is 0.333 e. The highest BCUT2D eigenvalue weighted by Gasteiger charge is 2.29. The number of carbonyl (C=O) groups is 2. The monoisotopic (exact) mass is 556 g/mol. The number of aryl methyl sites for hydroxylation is 1. The topological polar surface area (TPSA) is 67.2 Å². The molecule has 0 atom stereocenters. The minimum atomic E-state index is -0.500. The van der Waals surface area contributed by atoms with Gasteiger partial charge in [-0.2, -0.15) is 5.10 Å². The van der Waals surface area contributed by atoms with E-state index in [4.69, 9.17) is 5.10 Å². The van der Waals surface area contributed by atoms with Crippen LogP contribution in [-0.2, 0) is 9.59 Å². The summed E-state index contributed by atoms with van der Waals surface area (Å²) in [6, 6.07) is 39.3. The summed E-state index contributed by atoms with van der Waals surface area (Å²) in [6.07, 6.45) is 1.71. The average molecular weight is 557 g/mol. The number of hydrogen-bond acceptors (Lipinski definition) is 3. The molecule has 0 fully saturated rings. The lowest BCUT2D eigenvalue weighted by molar-refractivity contribution is -0.135. The number of unbranched alkanes of at least 4 members (excludes halogenated alkanes) is 1. The molecule has 42 heavy (non-hydrogen) atoms. The van der Waals surface area contributed by atoms with Crippen molar-refractivity contribution in [1.82, 2.24) is 14.7 Å². The minimum absolute atomic E-state index is 0.0608. The van der Waals surface area contributed by atoms with Crippen LogP contribution in [0.2, 0.25) is 0 Å². The van der Waals surface area contributed by atoms with E-state index in [1.165, 1.54) is 0 Å². The van der Waals surface area contributed by atoms with Gasteiger partial charge in [-0.25, -0.2) is 4.68 Å². The molecule has 1 aromatic heterocycles. The molecule has 2 amide bonds. The summed E-state index contributed by atoms with van der Waals surface area (Å²) in [5, 5.41) is 7.89. The van der Waals surface area contributed by atoms with E-state index in [9.17, 15) is 9.59 Å². The van der Waals surface area contributed by atoms with Crippen molar-refractivity contribution in [1.29, 1.82) is 0 Å². The molecule has 6 heteroatoms. The van der Waals surface area contributed by atoms with Gasteiger partial charge in [-0.15, -0.1) is 0 Å².